The van der Waals surface area contributed by atoms with Crippen LogP contribution in [0, 0.1) is 10.8 Å². The Morgan fingerprint density at radius 3 is 2.77 bits per heavy atom. The number of rotatable bonds is 6. The van der Waals surface area contributed by atoms with Gasteiger partial charge in [0.05, 0.1) is 18.4 Å². The lowest BCUT2D eigenvalue weighted by atomic mass is 10.1. The summed E-state index contributed by atoms with van der Waals surface area (Å²) in [6, 6.07) is 7.08. The normalized spacial score (nSPS) is 10.5. The second kappa shape index (κ2) is 7.13. The Morgan fingerprint density at radius 1 is 1.41 bits per heavy atom. The minimum atomic E-state index is -0.244. The van der Waals surface area contributed by atoms with Crippen LogP contribution in [0.1, 0.15) is 24.2 Å². The number of anilines is 1. The highest BCUT2D eigenvalue weighted by molar-refractivity contribution is 7.19. The van der Waals surface area contributed by atoms with Gasteiger partial charge in [-0.1, -0.05) is 37.3 Å². The van der Waals surface area contributed by atoms with Crippen LogP contribution in [0.3, 0.4) is 0 Å². The first kappa shape index (κ1) is 16.1. The van der Waals surface area contributed by atoms with Crippen LogP contribution in [0.25, 0.3) is 0 Å². The van der Waals surface area contributed by atoms with E-state index in [-0.39, 0.29) is 10.9 Å². The second-order valence-corrected chi connectivity index (χ2v) is 6.13. The van der Waals surface area contributed by atoms with Gasteiger partial charge in [0.25, 0.3) is 5.91 Å². The molecule has 116 valence electrons. The Labute approximate surface area is 132 Å². The van der Waals surface area contributed by atoms with Crippen molar-refractivity contribution in [2.24, 2.45) is 11.1 Å². The lowest BCUT2D eigenvalue weighted by Crippen LogP contribution is -2.26. The molecule has 0 spiro atoms. The van der Waals surface area contributed by atoms with Gasteiger partial charge >= 0.3 is 0 Å². The van der Waals surface area contributed by atoms with Crippen molar-refractivity contribution in [2.75, 3.05) is 18.6 Å². The van der Waals surface area contributed by atoms with Crippen LogP contribution in [0.5, 0.6) is 5.75 Å². The van der Waals surface area contributed by atoms with Crippen LogP contribution < -0.4 is 9.64 Å². The third-order valence-corrected chi connectivity index (χ3v) is 3.80. The van der Waals surface area contributed by atoms with E-state index in [9.17, 15) is 9.70 Å². The van der Waals surface area contributed by atoms with Crippen molar-refractivity contribution in [3.63, 3.8) is 0 Å². The number of benzene rings is 1. The summed E-state index contributed by atoms with van der Waals surface area (Å²) in [4.78, 5) is 28.5. The number of hydrogen-bond acceptors (Lipinski definition) is 6. The minimum Gasteiger partial charge on any atom is -0.492 e. The molecular weight excluding hydrogens is 302 g/mol. The molecule has 1 amide bonds. The molecule has 0 saturated heterocycles. The smallest absolute Gasteiger partial charge is 0.263 e. The molecule has 0 bridgehead atoms. The van der Waals surface area contributed by atoms with Gasteiger partial charge in [-0.3, -0.25) is 9.69 Å². The number of carbonyl (C=O) groups is 1. The first-order valence-electron chi connectivity index (χ1n) is 6.82. The molecule has 2 rings (SSSR count). The molecule has 0 aliphatic heterocycles. The standard InChI is InChI=1S/C15H17N3O3S/c1-10(2)9-21-12-7-5-4-6-11(12)14(19)18(3)15-16-8-13(17-20)22-15/h4-8,10H,9H2,1-3H3. The molecule has 0 aliphatic carbocycles. The van der Waals surface area contributed by atoms with Crippen molar-refractivity contribution in [3.8, 4) is 5.75 Å². The van der Waals surface area contributed by atoms with Crippen molar-refractivity contribution in [2.45, 2.75) is 13.8 Å². The zero-order valence-electron chi connectivity index (χ0n) is 12.6. The highest BCUT2D eigenvalue weighted by atomic mass is 32.1. The van der Waals surface area contributed by atoms with Gasteiger partial charge in [-0.05, 0) is 23.2 Å². The molecular formula is C15H17N3O3S. The maximum Gasteiger partial charge on any atom is 0.263 e. The predicted molar refractivity (Wildman–Crippen MR) is 87.1 cm³/mol. The van der Waals surface area contributed by atoms with E-state index in [1.165, 1.54) is 11.1 Å². The van der Waals surface area contributed by atoms with Gasteiger partial charge in [-0.15, -0.1) is 4.91 Å². The number of nitroso groups, excluding NO2 is 1. The quantitative estimate of drug-likeness (QED) is 0.758. The van der Waals surface area contributed by atoms with Gasteiger partial charge < -0.3 is 4.74 Å². The second-order valence-electron chi connectivity index (χ2n) is 5.14. The zero-order chi connectivity index (χ0) is 16.1. The third kappa shape index (κ3) is 3.67. The maximum absolute atomic E-state index is 12.6. The molecule has 0 atom stereocenters. The summed E-state index contributed by atoms with van der Waals surface area (Å²) in [6.45, 7) is 4.62. The van der Waals surface area contributed by atoms with Gasteiger partial charge in [0.15, 0.2) is 10.1 Å². The molecule has 6 nitrogen and oxygen atoms in total. The predicted octanol–water partition coefficient (Wildman–Crippen LogP) is 3.85. The molecule has 1 aromatic heterocycles. The van der Waals surface area contributed by atoms with Gasteiger partial charge in [-0.2, -0.15) is 0 Å². The van der Waals surface area contributed by atoms with Gasteiger partial charge in [0, 0.05) is 7.05 Å². The largest absolute Gasteiger partial charge is 0.492 e. The Kier molecular flexibility index (Phi) is 5.21. The minimum absolute atomic E-state index is 0.235. The maximum atomic E-state index is 12.6. The molecule has 0 radical (unpaired) electrons. The summed E-state index contributed by atoms with van der Waals surface area (Å²) >= 11 is 1.06. The molecule has 0 saturated carbocycles. The number of carbonyl (C=O) groups excluding carboxylic acids is 1. The fourth-order valence-corrected chi connectivity index (χ4v) is 2.40. The van der Waals surface area contributed by atoms with E-state index in [2.05, 4.69) is 10.2 Å². The molecule has 22 heavy (non-hydrogen) atoms. The highest BCUT2D eigenvalue weighted by Gasteiger charge is 2.20. The number of hydrogen-bond donors (Lipinski definition) is 0. The Hall–Kier alpha value is -2.28. The molecule has 1 heterocycles. The lowest BCUT2D eigenvalue weighted by Gasteiger charge is -2.17. The van der Waals surface area contributed by atoms with Crippen molar-refractivity contribution in [1.29, 1.82) is 0 Å². The average Bonchev–Trinajstić information content (AvgIpc) is 3.00. The first-order chi connectivity index (χ1) is 10.5. The van der Waals surface area contributed by atoms with Crippen molar-refractivity contribution < 1.29 is 9.53 Å². The van der Waals surface area contributed by atoms with E-state index in [0.717, 1.165) is 11.3 Å². The Morgan fingerprint density at radius 2 is 2.14 bits per heavy atom. The van der Waals surface area contributed by atoms with Crippen LogP contribution in [-0.4, -0.2) is 24.5 Å². The molecule has 0 aliphatic rings. The van der Waals surface area contributed by atoms with E-state index < -0.39 is 0 Å². The van der Waals surface area contributed by atoms with E-state index in [0.29, 0.717) is 29.0 Å². The first-order valence-corrected chi connectivity index (χ1v) is 7.63. The van der Waals surface area contributed by atoms with Gasteiger partial charge in [0.1, 0.15) is 5.75 Å². The molecule has 0 fully saturated rings. The molecule has 2 aromatic rings. The molecule has 0 unspecified atom stereocenters. The summed E-state index contributed by atoms with van der Waals surface area (Å²) in [6.07, 6.45) is 1.35. The fraction of sp³-hybridized carbons (Fsp3) is 0.333. The summed E-state index contributed by atoms with van der Waals surface area (Å²) in [5, 5.41) is 3.47. The van der Waals surface area contributed by atoms with Crippen molar-refractivity contribution in [1.82, 2.24) is 4.98 Å². The summed E-state index contributed by atoms with van der Waals surface area (Å²) < 4.78 is 5.70. The molecule has 0 N–H and O–H groups in total. The molecule has 1 aromatic carbocycles. The monoisotopic (exact) mass is 319 g/mol. The fourth-order valence-electron chi connectivity index (χ4n) is 1.75. The number of para-hydroxylation sites is 1. The SMILES string of the molecule is CC(C)COc1ccccc1C(=O)N(C)c1ncc(N=O)s1. The van der Waals surface area contributed by atoms with Gasteiger partial charge in [0.2, 0.25) is 0 Å². The van der Waals surface area contributed by atoms with E-state index in [1.807, 2.05) is 19.9 Å². The lowest BCUT2D eigenvalue weighted by molar-refractivity contribution is 0.0988. The number of ether oxygens (including phenoxy) is 1. The number of amides is 1. The topological polar surface area (TPSA) is 71.9 Å². The third-order valence-electron chi connectivity index (χ3n) is 2.85. The van der Waals surface area contributed by atoms with Crippen LogP contribution in [0.15, 0.2) is 35.6 Å². The number of aromatic nitrogens is 1. The zero-order valence-corrected chi connectivity index (χ0v) is 13.5. The highest BCUT2D eigenvalue weighted by Crippen LogP contribution is 2.30. The average molecular weight is 319 g/mol. The van der Waals surface area contributed by atoms with Crippen molar-refractivity contribution in [3.05, 3.63) is 40.9 Å². The van der Waals surface area contributed by atoms with Crippen LogP contribution in [0.2, 0.25) is 0 Å². The van der Waals surface area contributed by atoms with E-state index >= 15 is 0 Å². The van der Waals surface area contributed by atoms with Crippen molar-refractivity contribution >= 4 is 27.4 Å². The van der Waals surface area contributed by atoms with Crippen LogP contribution in [0.4, 0.5) is 10.1 Å². The van der Waals surface area contributed by atoms with Gasteiger partial charge in [-0.25, -0.2) is 4.98 Å². The number of nitrogens with zero attached hydrogens (tertiary/aromatic N) is 3. The van der Waals surface area contributed by atoms with E-state index in [4.69, 9.17) is 4.74 Å². The van der Waals surface area contributed by atoms with Crippen LogP contribution >= 0.6 is 11.3 Å². The summed E-state index contributed by atoms with van der Waals surface area (Å²) in [5.41, 5.74) is 0.460. The summed E-state index contributed by atoms with van der Waals surface area (Å²) in [7, 11) is 1.61. The molecule has 7 heteroatoms. The Balaban J connectivity index is 2.22. The summed E-state index contributed by atoms with van der Waals surface area (Å²) in [5.74, 6) is 0.658. The number of thiazole rings is 1. The Bertz CT molecular complexity index is 670. The van der Waals surface area contributed by atoms with E-state index in [1.54, 1.807) is 25.2 Å². The van der Waals surface area contributed by atoms with Crippen LogP contribution in [-0.2, 0) is 0 Å².